The van der Waals surface area contributed by atoms with Crippen LogP contribution >= 0.6 is 0 Å². The number of ether oxygens (including phenoxy) is 1. The minimum Gasteiger partial charge on any atom is -0.373 e. The monoisotopic (exact) mass is 380 g/mol. The van der Waals surface area contributed by atoms with E-state index in [0.29, 0.717) is 24.6 Å². The molecule has 7 heteroatoms. The van der Waals surface area contributed by atoms with E-state index in [0.717, 1.165) is 25.9 Å². The smallest absolute Gasteiger partial charge is 0.253 e. The number of carbonyl (C=O) groups is 1. The first-order valence-electron chi connectivity index (χ1n) is 9.32. The van der Waals surface area contributed by atoms with Gasteiger partial charge in [0, 0.05) is 31.7 Å². The van der Waals surface area contributed by atoms with Gasteiger partial charge in [0.05, 0.1) is 17.1 Å². The summed E-state index contributed by atoms with van der Waals surface area (Å²) in [5.74, 6) is 0.397. The van der Waals surface area contributed by atoms with Crippen LogP contribution in [0.15, 0.2) is 29.2 Å². The van der Waals surface area contributed by atoms with Crippen LogP contribution in [0.4, 0.5) is 0 Å². The second-order valence-electron chi connectivity index (χ2n) is 7.61. The van der Waals surface area contributed by atoms with Crippen LogP contribution in [0.5, 0.6) is 0 Å². The van der Waals surface area contributed by atoms with Crippen LogP contribution in [-0.2, 0) is 14.8 Å². The number of morpholine rings is 1. The Kier molecular flexibility index (Phi) is 5.69. The number of nitrogens with zero attached hydrogens (tertiary/aromatic N) is 2. The first-order chi connectivity index (χ1) is 12.3. The van der Waals surface area contributed by atoms with Crippen molar-refractivity contribution in [2.75, 3.05) is 26.2 Å². The molecule has 6 nitrogen and oxygen atoms in total. The van der Waals surface area contributed by atoms with E-state index in [2.05, 4.69) is 6.92 Å². The van der Waals surface area contributed by atoms with E-state index >= 15 is 0 Å². The Hall–Kier alpha value is -1.44. The molecule has 0 saturated carbocycles. The first-order valence-corrected chi connectivity index (χ1v) is 10.8. The summed E-state index contributed by atoms with van der Waals surface area (Å²) in [5, 5.41) is 0. The number of carbonyl (C=O) groups excluding carboxylic acids is 1. The van der Waals surface area contributed by atoms with E-state index in [9.17, 15) is 13.2 Å². The van der Waals surface area contributed by atoms with Gasteiger partial charge >= 0.3 is 0 Å². The molecule has 1 aromatic rings. The number of benzene rings is 1. The quantitative estimate of drug-likeness (QED) is 0.807. The Bertz CT molecular complexity index is 755. The molecule has 0 aliphatic carbocycles. The Morgan fingerprint density at radius 1 is 1.12 bits per heavy atom. The van der Waals surface area contributed by atoms with Crippen LogP contribution in [0, 0.1) is 5.92 Å². The third-order valence-electron chi connectivity index (χ3n) is 5.05. The maximum Gasteiger partial charge on any atom is 0.253 e. The highest BCUT2D eigenvalue weighted by molar-refractivity contribution is 7.89. The number of hydrogen-bond acceptors (Lipinski definition) is 4. The van der Waals surface area contributed by atoms with Crippen molar-refractivity contribution in [2.24, 2.45) is 5.92 Å². The molecular weight excluding hydrogens is 352 g/mol. The van der Waals surface area contributed by atoms with Gasteiger partial charge in [0.25, 0.3) is 5.91 Å². The zero-order valence-electron chi connectivity index (χ0n) is 15.7. The summed E-state index contributed by atoms with van der Waals surface area (Å²) in [6.45, 7) is 8.00. The van der Waals surface area contributed by atoms with Crippen LogP contribution < -0.4 is 0 Å². The maximum atomic E-state index is 13.0. The predicted molar refractivity (Wildman–Crippen MR) is 99.5 cm³/mol. The summed E-state index contributed by atoms with van der Waals surface area (Å²) >= 11 is 0. The molecule has 2 aliphatic rings. The lowest BCUT2D eigenvalue weighted by atomic mass is 9.99. The normalized spacial score (nSPS) is 28.1. The van der Waals surface area contributed by atoms with Gasteiger partial charge in [-0.25, -0.2) is 8.42 Å². The molecular formula is C19H28N2O4S. The molecule has 3 atom stereocenters. The fourth-order valence-electron chi connectivity index (χ4n) is 3.82. The Balaban J connectivity index is 1.83. The Labute approximate surface area is 156 Å². The van der Waals surface area contributed by atoms with Crippen molar-refractivity contribution in [3.05, 3.63) is 29.8 Å². The predicted octanol–water partition coefficient (Wildman–Crippen LogP) is 2.36. The number of rotatable bonds is 3. The van der Waals surface area contributed by atoms with Gasteiger partial charge in [-0.3, -0.25) is 4.79 Å². The molecule has 0 aromatic heterocycles. The standard InChI is InChI=1S/C19H28N2O4S/c1-14-6-5-9-20(11-14)19(22)17-7-4-8-18(10-17)26(23,24)21-12-15(2)25-16(3)13-21/h4,7-8,10,14-16H,5-6,9,11-13H2,1-3H3. The largest absolute Gasteiger partial charge is 0.373 e. The van der Waals surface area contributed by atoms with Crippen LogP contribution in [0.2, 0.25) is 0 Å². The number of hydrogen-bond donors (Lipinski definition) is 0. The molecule has 0 radical (unpaired) electrons. The van der Waals surface area contributed by atoms with Gasteiger partial charge in [-0.05, 0) is 50.8 Å². The van der Waals surface area contributed by atoms with E-state index in [4.69, 9.17) is 4.74 Å². The molecule has 2 fully saturated rings. The SMILES string of the molecule is CC1CCCN(C(=O)c2cccc(S(=O)(=O)N3CC(C)OC(C)C3)c2)C1. The highest BCUT2D eigenvalue weighted by atomic mass is 32.2. The van der Waals surface area contributed by atoms with E-state index in [1.807, 2.05) is 18.7 Å². The van der Waals surface area contributed by atoms with Crippen molar-refractivity contribution < 1.29 is 17.9 Å². The highest BCUT2D eigenvalue weighted by Gasteiger charge is 2.33. The van der Waals surface area contributed by atoms with Crippen LogP contribution in [0.25, 0.3) is 0 Å². The lowest BCUT2D eigenvalue weighted by molar-refractivity contribution is -0.0440. The molecule has 3 unspecified atom stereocenters. The van der Waals surface area contributed by atoms with E-state index in [1.54, 1.807) is 18.2 Å². The molecule has 26 heavy (non-hydrogen) atoms. The summed E-state index contributed by atoms with van der Waals surface area (Å²) in [7, 11) is -3.64. The Morgan fingerprint density at radius 2 is 1.81 bits per heavy atom. The molecule has 0 spiro atoms. The van der Waals surface area contributed by atoms with Crippen LogP contribution in [0.3, 0.4) is 0 Å². The van der Waals surface area contributed by atoms with Crippen molar-refractivity contribution in [3.63, 3.8) is 0 Å². The van der Waals surface area contributed by atoms with Gasteiger partial charge < -0.3 is 9.64 Å². The van der Waals surface area contributed by atoms with Crippen molar-refractivity contribution in [2.45, 2.75) is 50.7 Å². The fraction of sp³-hybridized carbons (Fsp3) is 0.632. The second kappa shape index (κ2) is 7.66. The topological polar surface area (TPSA) is 66.9 Å². The molecule has 2 heterocycles. The molecule has 2 saturated heterocycles. The average Bonchev–Trinajstić information content (AvgIpc) is 2.60. The third kappa shape index (κ3) is 4.10. The number of likely N-dealkylation sites (tertiary alicyclic amines) is 1. The Morgan fingerprint density at radius 3 is 2.46 bits per heavy atom. The zero-order chi connectivity index (χ0) is 18.9. The molecule has 144 valence electrons. The zero-order valence-corrected chi connectivity index (χ0v) is 16.5. The van der Waals surface area contributed by atoms with Gasteiger partial charge in [-0.1, -0.05) is 13.0 Å². The number of sulfonamides is 1. The molecule has 3 rings (SSSR count). The van der Waals surface area contributed by atoms with Gasteiger partial charge in [-0.2, -0.15) is 4.31 Å². The summed E-state index contributed by atoms with van der Waals surface area (Å²) in [6, 6.07) is 6.43. The maximum absolute atomic E-state index is 13.0. The summed E-state index contributed by atoms with van der Waals surface area (Å²) in [6.07, 6.45) is 1.83. The van der Waals surface area contributed by atoms with Crippen molar-refractivity contribution >= 4 is 15.9 Å². The van der Waals surface area contributed by atoms with Crippen LogP contribution in [-0.4, -0.2) is 61.9 Å². The molecule has 2 aliphatic heterocycles. The summed E-state index contributed by atoms with van der Waals surface area (Å²) < 4.78 is 33.1. The van der Waals surface area contributed by atoms with Crippen molar-refractivity contribution in [3.8, 4) is 0 Å². The second-order valence-corrected chi connectivity index (χ2v) is 9.54. The average molecular weight is 381 g/mol. The van der Waals surface area contributed by atoms with Gasteiger partial charge in [0.1, 0.15) is 0 Å². The minimum atomic E-state index is -3.64. The van der Waals surface area contributed by atoms with Gasteiger partial charge in [0.15, 0.2) is 0 Å². The highest BCUT2D eigenvalue weighted by Crippen LogP contribution is 2.23. The molecule has 0 N–H and O–H groups in total. The molecule has 0 bridgehead atoms. The summed E-state index contributed by atoms with van der Waals surface area (Å²) in [4.78, 5) is 14.8. The number of piperidine rings is 1. The van der Waals surface area contributed by atoms with Gasteiger partial charge in [-0.15, -0.1) is 0 Å². The van der Waals surface area contributed by atoms with Gasteiger partial charge in [0.2, 0.25) is 10.0 Å². The molecule has 1 aromatic carbocycles. The number of amides is 1. The summed E-state index contributed by atoms with van der Waals surface area (Å²) in [5.41, 5.74) is 0.439. The van der Waals surface area contributed by atoms with Crippen molar-refractivity contribution in [1.82, 2.24) is 9.21 Å². The van der Waals surface area contributed by atoms with Crippen LogP contribution in [0.1, 0.15) is 44.0 Å². The van der Waals surface area contributed by atoms with E-state index in [1.165, 1.54) is 10.4 Å². The third-order valence-corrected chi connectivity index (χ3v) is 6.88. The minimum absolute atomic E-state index is 0.0858. The van der Waals surface area contributed by atoms with E-state index < -0.39 is 10.0 Å². The van der Waals surface area contributed by atoms with Crippen molar-refractivity contribution in [1.29, 1.82) is 0 Å². The van der Waals surface area contributed by atoms with E-state index in [-0.39, 0.29) is 23.0 Å². The first kappa shape index (κ1) is 19.3. The lowest BCUT2D eigenvalue weighted by Gasteiger charge is -2.34. The fourth-order valence-corrected chi connectivity index (χ4v) is 5.46. The lowest BCUT2D eigenvalue weighted by Crippen LogP contribution is -2.48. The molecule has 1 amide bonds.